The van der Waals surface area contributed by atoms with Gasteiger partial charge in [0.1, 0.15) is 18.5 Å². The number of hydrogen-bond acceptors (Lipinski definition) is 5. The maximum absolute atomic E-state index is 15.4. The number of carbonyl (C=O) groups is 1. The van der Waals surface area contributed by atoms with E-state index >= 15 is 4.39 Å². The summed E-state index contributed by atoms with van der Waals surface area (Å²) in [7, 11) is 1.50. The Hall–Kier alpha value is -3.13. The number of benzene rings is 3. The Morgan fingerprint density at radius 2 is 1.82 bits per heavy atom. The molecule has 0 radical (unpaired) electrons. The molecule has 0 fully saturated rings. The first-order chi connectivity index (χ1) is 16.4. The molecule has 182 valence electrons. The second-order valence-electron chi connectivity index (χ2n) is 7.49. The van der Waals surface area contributed by atoms with E-state index in [-0.39, 0.29) is 24.9 Å². The highest BCUT2D eigenvalue weighted by atomic mass is 35.5. The first-order valence-electron chi connectivity index (χ1n) is 10.7. The normalized spacial score (nSPS) is 14.4. The molecule has 1 aliphatic rings. The van der Waals surface area contributed by atoms with Crippen molar-refractivity contribution in [2.45, 2.75) is 32.5 Å². The maximum atomic E-state index is 15.4. The largest absolute Gasteiger partial charge is 0.488 e. The van der Waals surface area contributed by atoms with Crippen molar-refractivity contribution in [3.63, 3.8) is 0 Å². The van der Waals surface area contributed by atoms with Crippen LogP contribution in [0.25, 0.3) is 11.1 Å². The van der Waals surface area contributed by atoms with Gasteiger partial charge in [0.05, 0.1) is 6.10 Å². The zero-order valence-corrected chi connectivity index (χ0v) is 20.2. The van der Waals surface area contributed by atoms with E-state index in [0.717, 1.165) is 16.7 Å². The maximum Gasteiger partial charge on any atom is 0.204 e. The van der Waals surface area contributed by atoms with Gasteiger partial charge < -0.3 is 26.0 Å². The Bertz CT molecular complexity index is 1090. The van der Waals surface area contributed by atoms with Crippen molar-refractivity contribution < 1.29 is 23.8 Å². The van der Waals surface area contributed by atoms with Gasteiger partial charge in [0.2, 0.25) is 6.41 Å². The number of hydrogen-bond donors (Lipinski definition) is 3. The van der Waals surface area contributed by atoms with Crippen LogP contribution >= 0.6 is 11.6 Å². The Balaban J connectivity index is 0.000000758. The van der Waals surface area contributed by atoms with Crippen LogP contribution in [-0.4, -0.2) is 31.3 Å². The van der Waals surface area contributed by atoms with E-state index in [2.05, 4.69) is 11.5 Å². The summed E-state index contributed by atoms with van der Waals surface area (Å²) in [6.07, 6.45) is 0.0255. The number of halogens is 2. The molecule has 0 bridgehead atoms. The van der Waals surface area contributed by atoms with Crippen LogP contribution in [0.1, 0.15) is 29.7 Å². The standard InChI is InChI=1S/C24H22ClFO3.CH3NO.CH5N/c1-14-8-10-20(28-13-15(2)27)24(26)22(14)23-17-12-21(16-6-4-3-5-7-16)29-19(17)11-9-18(23)25;2-1-3;1-2/h3-11,15,21,27H,12-13H2,1-2H3;1H,(H2,2,3);2H2,1H3. The molecule has 1 amide bonds. The predicted molar refractivity (Wildman–Crippen MR) is 133 cm³/mol. The first-order valence-corrected chi connectivity index (χ1v) is 11.1. The molecule has 0 saturated carbocycles. The molecular weight excluding hydrogens is 459 g/mol. The van der Waals surface area contributed by atoms with Crippen molar-refractivity contribution in [3.8, 4) is 22.6 Å². The average Bonchev–Trinajstić information content (AvgIpc) is 3.27. The van der Waals surface area contributed by atoms with Crippen LogP contribution in [0.5, 0.6) is 11.5 Å². The van der Waals surface area contributed by atoms with Crippen LogP contribution in [0.15, 0.2) is 54.6 Å². The van der Waals surface area contributed by atoms with E-state index in [1.54, 1.807) is 25.1 Å². The Labute approximate surface area is 204 Å². The number of aryl methyl sites for hydroxylation is 1. The van der Waals surface area contributed by atoms with Gasteiger partial charge in [0, 0.05) is 28.1 Å². The van der Waals surface area contributed by atoms with Crippen LogP contribution in [0.3, 0.4) is 0 Å². The monoisotopic (exact) mass is 488 g/mol. The van der Waals surface area contributed by atoms with Crippen LogP contribution in [0.2, 0.25) is 5.02 Å². The molecule has 0 spiro atoms. The van der Waals surface area contributed by atoms with Crippen LogP contribution in [-0.2, 0) is 11.2 Å². The molecule has 8 heteroatoms. The van der Waals surface area contributed by atoms with Gasteiger partial charge in [0.15, 0.2) is 11.6 Å². The average molecular weight is 489 g/mol. The Kier molecular flexibility index (Phi) is 10.3. The summed E-state index contributed by atoms with van der Waals surface area (Å²) in [6.45, 7) is 3.45. The molecule has 5 N–H and O–H groups in total. The second kappa shape index (κ2) is 12.9. The van der Waals surface area contributed by atoms with Gasteiger partial charge in [-0.15, -0.1) is 0 Å². The molecule has 0 aromatic heterocycles. The SMILES string of the molecule is CN.Cc1ccc(OCC(C)O)c(F)c1-c1c(Cl)ccc2c1CC(c1ccccc1)O2.NC=O. The van der Waals surface area contributed by atoms with Crippen molar-refractivity contribution in [1.29, 1.82) is 0 Å². The number of primary amides is 1. The highest BCUT2D eigenvalue weighted by Gasteiger charge is 2.30. The number of fused-ring (bicyclic) bond motifs is 1. The highest BCUT2D eigenvalue weighted by molar-refractivity contribution is 6.33. The van der Waals surface area contributed by atoms with Crippen LogP contribution < -0.4 is 20.9 Å². The smallest absolute Gasteiger partial charge is 0.204 e. The first kappa shape index (κ1) is 27.1. The quantitative estimate of drug-likeness (QED) is 0.456. The van der Waals surface area contributed by atoms with Gasteiger partial charge >= 0.3 is 0 Å². The molecular formula is C26H30ClFN2O4. The van der Waals surface area contributed by atoms with Gasteiger partial charge in [-0.05, 0) is 50.2 Å². The number of ether oxygens (including phenoxy) is 2. The topological polar surface area (TPSA) is 108 Å². The molecule has 3 aromatic rings. The van der Waals surface area contributed by atoms with E-state index in [1.807, 2.05) is 43.3 Å². The fourth-order valence-corrected chi connectivity index (χ4v) is 3.97. The lowest BCUT2D eigenvalue weighted by molar-refractivity contribution is -0.106. The molecule has 4 rings (SSSR count). The molecule has 0 saturated heterocycles. The third kappa shape index (κ3) is 6.26. The number of nitrogens with two attached hydrogens (primary N) is 2. The lowest BCUT2D eigenvalue weighted by atomic mass is 9.92. The molecule has 6 nitrogen and oxygen atoms in total. The van der Waals surface area contributed by atoms with Crippen molar-refractivity contribution in [2.75, 3.05) is 13.7 Å². The minimum absolute atomic E-state index is 0.0131. The second-order valence-corrected chi connectivity index (χ2v) is 7.89. The van der Waals surface area contributed by atoms with E-state index in [9.17, 15) is 5.11 Å². The van der Waals surface area contributed by atoms with Crippen molar-refractivity contribution in [3.05, 3.63) is 82.1 Å². The summed E-state index contributed by atoms with van der Waals surface area (Å²) in [5.41, 5.74) is 12.4. The van der Waals surface area contributed by atoms with Crippen LogP contribution in [0.4, 0.5) is 4.39 Å². The number of amides is 1. The molecule has 0 aliphatic carbocycles. The third-order valence-electron chi connectivity index (χ3n) is 5.09. The van der Waals surface area contributed by atoms with Crippen molar-refractivity contribution in [1.82, 2.24) is 0 Å². The predicted octanol–water partition coefficient (Wildman–Crippen LogP) is 4.57. The van der Waals surface area contributed by atoms with Crippen LogP contribution in [0, 0.1) is 12.7 Å². The Morgan fingerprint density at radius 3 is 2.44 bits per heavy atom. The van der Waals surface area contributed by atoms with E-state index in [1.165, 1.54) is 7.05 Å². The van der Waals surface area contributed by atoms with Gasteiger partial charge in [0.25, 0.3) is 0 Å². The number of aliphatic hydroxyl groups is 1. The zero-order chi connectivity index (χ0) is 25.3. The lowest BCUT2D eigenvalue weighted by Crippen LogP contribution is -2.13. The van der Waals surface area contributed by atoms with Gasteiger partial charge in [-0.3, -0.25) is 4.79 Å². The Morgan fingerprint density at radius 1 is 1.18 bits per heavy atom. The summed E-state index contributed by atoms with van der Waals surface area (Å²) in [4.78, 5) is 8.58. The highest BCUT2D eigenvalue weighted by Crippen LogP contribution is 2.47. The molecule has 34 heavy (non-hydrogen) atoms. The van der Waals surface area contributed by atoms with Gasteiger partial charge in [-0.2, -0.15) is 0 Å². The fourth-order valence-electron chi connectivity index (χ4n) is 3.70. The summed E-state index contributed by atoms with van der Waals surface area (Å²) < 4.78 is 27.1. The summed E-state index contributed by atoms with van der Waals surface area (Å²) in [6, 6.07) is 16.9. The number of carbonyl (C=O) groups excluding carboxylic acids is 1. The summed E-state index contributed by atoms with van der Waals surface area (Å²) >= 11 is 6.56. The molecule has 1 aliphatic heterocycles. The van der Waals surface area contributed by atoms with Gasteiger partial charge in [-0.25, -0.2) is 4.39 Å². The molecule has 2 unspecified atom stereocenters. The minimum atomic E-state index is -0.691. The lowest BCUT2D eigenvalue weighted by Gasteiger charge is -2.16. The van der Waals surface area contributed by atoms with E-state index < -0.39 is 11.9 Å². The van der Waals surface area contributed by atoms with Crippen molar-refractivity contribution >= 4 is 18.0 Å². The number of aliphatic hydroxyl groups excluding tert-OH is 1. The van der Waals surface area contributed by atoms with Gasteiger partial charge in [-0.1, -0.05) is 48.0 Å². The molecule has 3 aromatic carbocycles. The minimum Gasteiger partial charge on any atom is -0.488 e. The zero-order valence-electron chi connectivity index (χ0n) is 19.4. The molecule has 2 atom stereocenters. The molecule has 1 heterocycles. The fraction of sp³-hybridized carbons (Fsp3) is 0.269. The van der Waals surface area contributed by atoms with Crippen molar-refractivity contribution in [2.24, 2.45) is 11.5 Å². The summed E-state index contributed by atoms with van der Waals surface area (Å²) in [5, 5.41) is 9.94. The van der Waals surface area contributed by atoms with E-state index in [0.29, 0.717) is 28.3 Å². The summed E-state index contributed by atoms with van der Waals surface area (Å²) in [5.74, 6) is 0.329. The number of rotatable bonds is 5. The van der Waals surface area contributed by atoms with E-state index in [4.69, 9.17) is 25.9 Å². The third-order valence-corrected chi connectivity index (χ3v) is 5.41.